The van der Waals surface area contributed by atoms with E-state index in [2.05, 4.69) is 0 Å². The van der Waals surface area contributed by atoms with Gasteiger partial charge in [-0.1, -0.05) is 0 Å². The summed E-state index contributed by atoms with van der Waals surface area (Å²) in [5.74, 6) is 0.261. The fourth-order valence-electron chi connectivity index (χ4n) is 3.02. The maximum atomic E-state index is 13.2. The van der Waals surface area contributed by atoms with Crippen LogP contribution < -0.4 is 4.74 Å². The van der Waals surface area contributed by atoms with Gasteiger partial charge in [0.05, 0.1) is 18.8 Å². The zero-order valence-corrected chi connectivity index (χ0v) is 10.4. The molecule has 1 fully saturated rings. The molecule has 0 aliphatic carbocycles. The summed E-state index contributed by atoms with van der Waals surface area (Å²) in [6, 6.07) is 4.33. The van der Waals surface area contributed by atoms with Crippen LogP contribution in [0.4, 0.5) is 4.39 Å². The lowest BCUT2D eigenvalue weighted by Gasteiger charge is -2.44. The second kappa shape index (κ2) is 4.21. The topological polar surface area (TPSA) is 38.7 Å². The monoisotopic (exact) mass is 252 g/mol. The summed E-state index contributed by atoms with van der Waals surface area (Å²) in [7, 11) is 0. The lowest BCUT2D eigenvalue weighted by molar-refractivity contribution is -0.111. The summed E-state index contributed by atoms with van der Waals surface area (Å²) in [5.41, 5.74) is 0.196. The van der Waals surface area contributed by atoms with Crippen LogP contribution >= 0.6 is 0 Å². The number of halogens is 1. The van der Waals surface area contributed by atoms with Gasteiger partial charge >= 0.3 is 0 Å². The number of hydrogen-bond acceptors (Lipinski definition) is 3. The average Bonchev–Trinajstić information content (AvgIpc) is 2.30. The molecule has 18 heavy (non-hydrogen) atoms. The van der Waals surface area contributed by atoms with Crippen molar-refractivity contribution >= 4 is 0 Å². The highest BCUT2D eigenvalue weighted by Gasteiger charge is 2.43. The molecular weight excluding hydrogens is 235 g/mol. The molecule has 0 bridgehead atoms. The van der Waals surface area contributed by atoms with Crippen LogP contribution in [-0.2, 0) is 4.74 Å². The van der Waals surface area contributed by atoms with E-state index in [0.29, 0.717) is 24.3 Å². The first kappa shape index (κ1) is 11.9. The molecule has 1 spiro atoms. The second-order valence-electron chi connectivity index (χ2n) is 5.32. The largest absolute Gasteiger partial charge is 0.487 e. The first-order valence-electron chi connectivity index (χ1n) is 6.36. The van der Waals surface area contributed by atoms with Crippen LogP contribution in [0.3, 0.4) is 0 Å². The van der Waals surface area contributed by atoms with E-state index in [9.17, 15) is 9.50 Å². The van der Waals surface area contributed by atoms with Crippen LogP contribution in [0.5, 0.6) is 5.75 Å². The van der Waals surface area contributed by atoms with Crippen LogP contribution in [0, 0.1) is 5.82 Å². The minimum atomic E-state index is -0.658. The second-order valence-corrected chi connectivity index (χ2v) is 5.32. The third-order valence-electron chi connectivity index (χ3n) is 3.84. The maximum Gasteiger partial charge on any atom is 0.126 e. The number of rotatable bonds is 0. The maximum absolute atomic E-state index is 13.2. The molecule has 2 aliphatic rings. The third-order valence-corrected chi connectivity index (χ3v) is 3.84. The first-order chi connectivity index (χ1) is 8.58. The number of aliphatic hydroxyl groups is 1. The Morgan fingerprint density at radius 1 is 1.39 bits per heavy atom. The normalized spacial score (nSPS) is 35.1. The van der Waals surface area contributed by atoms with Gasteiger partial charge < -0.3 is 14.6 Å². The molecule has 4 heteroatoms. The molecule has 0 saturated carbocycles. The zero-order valence-electron chi connectivity index (χ0n) is 10.4. The highest BCUT2D eigenvalue weighted by Crippen LogP contribution is 2.45. The van der Waals surface area contributed by atoms with Crippen molar-refractivity contribution in [1.29, 1.82) is 0 Å². The molecule has 3 rings (SSSR count). The van der Waals surface area contributed by atoms with Crippen molar-refractivity contribution in [1.82, 2.24) is 0 Å². The molecule has 1 aromatic carbocycles. The Morgan fingerprint density at radius 2 is 2.22 bits per heavy atom. The highest BCUT2D eigenvalue weighted by atomic mass is 19.1. The fourth-order valence-corrected chi connectivity index (χ4v) is 3.02. The van der Waals surface area contributed by atoms with E-state index >= 15 is 0 Å². The van der Waals surface area contributed by atoms with Gasteiger partial charge in [-0.25, -0.2) is 4.39 Å². The van der Waals surface area contributed by atoms with Crippen LogP contribution in [0.2, 0.25) is 0 Å². The minimum absolute atomic E-state index is 0.132. The van der Waals surface area contributed by atoms with Crippen LogP contribution in [-0.4, -0.2) is 23.4 Å². The van der Waals surface area contributed by atoms with Crippen molar-refractivity contribution in [3.63, 3.8) is 0 Å². The van der Waals surface area contributed by atoms with Crippen LogP contribution in [0.1, 0.15) is 37.9 Å². The highest BCUT2D eigenvalue weighted by molar-refractivity contribution is 5.38. The summed E-state index contributed by atoms with van der Waals surface area (Å²) < 4.78 is 24.8. The van der Waals surface area contributed by atoms with E-state index in [1.165, 1.54) is 12.1 Å². The molecule has 0 radical (unpaired) electrons. The van der Waals surface area contributed by atoms with E-state index in [4.69, 9.17) is 9.47 Å². The number of hydrogen-bond donors (Lipinski definition) is 1. The van der Waals surface area contributed by atoms with Gasteiger partial charge in [-0.2, -0.15) is 0 Å². The fraction of sp³-hybridized carbons (Fsp3) is 0.571. The summed E-state index contributed by atoms with van der Waals surface area (Å²) >= 11 is 0. The molecule has 3 unspecified atom stereocenters. The van der Waals surface area contributed by atoms with Gasteiger partial charge in [0.15, 0.2) is 0 Å². The summed E-state index contributed by atoms with van der Waals surface area (Å²) in [6.45, 7) is 2.65. The quantitative estimate of drug-likeness (QED) is 0.771. The lowest BCUT2D eigenvalue weighted by atomic mass is 9.81. The SMILES string of the molecule is CC1CC2(CCO1)CC(O)c1cc(F)ccc1O2. The van der Waals surface area contributed by atoms with Gasteiger partial charge in [-0.3, -0.25) is 0 Å². The Bertz CT molecular complexity index is 462. The summed E-state index contributed by atoms with van der Waals surface area (Å²) in [6.07, 6.45) is 1.52. The summed E-state index contributed by atoms with van der Waals surface area (Å²) in [4.78, 5) is 0. The van der Waals surface area contributed by atoms with Crippen molar-refractivity contribution < 1.29 is 19.0 Å². The molecule has 1 aromatic rings. The number of aliphatic hydroxyl groups excluding tert-OH is 1. The van der Waals surface area contributed by atoms with E-state index in [-0.39, 0.29) is 17.5 Å². The van der Waals surface area contributed by atoms with Gasteiger partial charge in [-0.15, -0.1) is 0 Å². The third kappa shape index (κ3) is 1.99. The van der Waals surface area contributed by atoms with Crippen molar-refractivity contribution in [2.45, 2.75) is 44.0 Å². The van der Waals surface area contributed by atoms with Crippen molar-refractivity contribution in [2.24, 2.45) is 0 Å². The van der Waals surface area contributed by atoms with Gasteiger partial charge in [-0.05, 0) is 25.1 Å². The molecule has 2 aliphatic heterocycles. The molecule has 98 valence electrons. The molecule has 0 amide bonds. The smallest absolute Gasteiger partial charge is 0.126 e. The lowest BCUT2D eigenvalue weighted by Crippen LogP contribution is -2.47. The Balaban J connectivity index is 1.93. The molecule has 2 heterocycles. The Morgan fingerprint density at radius 3 is 3.00 bits per heavy atom. The molecule has 3 atom stereocenters. The average molecular weight is 252 g/mol. The molecule has 0 aromatic heterocycles. The van der Waals surface area contributed by atoms with E-state index < -0.39 is 6.10 Å². The molecule has 3 nitrogen and oxygen atoms in total. The predicted octanol–water partition coefficient (Wildman–Crippen LogP) is 2.58. The standard InChI is InChI=1S/C14H17FO3/c1-9-7-14(4-5-17-9)8-12(16)11-6-10(15)2-3-13(11)18-14/h2-3,6,9,12,16H,4-5,7-8H2,1H3. The van der Waals surface area contributed by atoms with E-state index in [0.717, 1.165) is 12.8 Å². The van der Waals surface area contributed by atoms with Gasteiger partial charge in [0.25, 0.3) is 0 Å². The van der Waals surface area contributed by atoms with Gasteiger partial charge in [0, 0.05) is 24.8 Å². The van der Waals surface area contributed by atoms with Crippen molar-refractivity contribution in [2.75, 3.05) is 6.61 Å². The van der Waals surface area contributed by atoms with Crippen molar-refractivity contribution in [3.05, 3.63) is 29.6 Å². The Kier molecular flexibility index (Phi) is 2.79. The van der Waals surface area contributed by atoms with Gasteiger partial charge in [0.1, 0.15) is 17.2 Å². The van der Waals surface area contributed by atoms with E-state index in [1.807, 2.05) is 6.92 Å². The van der Waals surface area contributed by atoms with Crippen molar-refractivity contribution in [3.8, 4) is 5.75 Å². The molecule has 1 N–H and O–H groups in total. The van der Waals surface area contributed by atoms with E-state index in [1.54, 1.807) is 6.07 Å². The number of fused-ring (bicyclic) bond motifs is 1. The van der Waals surface area contributed by atoms with Gasteiger partial charge in [0.2, 0.25) is 0 Å². The van der Waals surface area contributed by atoms with Crippen LogP contribution in [0.15, 0.2) is 18.2 Å². The predicted molar refractivity (Wildman–Crippen MR) is 64.0 cm³/mol. The molecular formula is C14H17FO3. The number of ether oxygens (including phenoxy) is 2. The molecule has 1 saturated heterocycles. The Labute approximate surface area is 106 Å². The first-order valence-corrected chi connectivity index (χ1v) is 6.36. The minimum Gasteiger partial charge on any atom is -0.487 e. The Hall–Kier alpha value is -1.13. The number of benzene rings is 1. The van der Waals surface area contributed by atoms with Crippen LogP contribution in [0.25, 0.3) is 0 Å². The zero-order chi connectivity index (χ0) is 12.8. The summed E-state index contributed by atoms with van der Waals surface area (Å²) in [5, 5.41) is 10.2.